The van der Waals surface area contributed by atoms with Gasteiger partial charge in [-0.2, -0.15) is 0 Å². The van der Waals surface area contributed by atoms with Crippen molar-refractivity contribution in [3.8, 4) is 0 Å². The van der Waals surface area contributed by atoms with E-state index in [4.69, 9.17) is 17.0 Å². The molecule has 4 heteroatoms. The van der Waals surface area contributed by atoms with Crippen molar-refractivity contribution in [3.05, 3.63) is 0 Å². The van der Waals surface area contributed by atoms with Crippen LogP contribution in [0.2, 0.25) is 0 Å². The minimum absolute atomic E-state index is 0.661. The molecule has 3 atom stereocenters. The van der Waals surface area contributed by atoms with Gasteiger partial charge in [0.25, 0.3) is 0 Å². The van der Waals surface area contributed by atoms with Crippen molar-refractivity contribution >= 4 is 17.3 Å². The number of fused-ring (bicyclic) bond motifs is 2. The van der Waals surface area contributed by atoms with Gasteiger partial charge in [-0.3, -0.25) is 0 Å². The summed E-state index contributed by atoms with van der Waals surface area (Å²) in [5.41, 5.74) is 0. The maximum Gasteiger partial charge on any atom is 0.169 e. The van der Waals surface area contributed by atoms with Crippen LogP contribution in [0, 0.1) is 11.8 Å². The number of morpholine rings is 1. The van der Waals surface area contributed by atoms with E-state index in [1.807, 2.05) is 0 Å². The first-order chi connectivity index (χ1) is 7.83. The first kappa shape index (κ1) is 10.8. The van der Waals surface area contributed by atoms with E-state index in [0.29, 0.717) is 6.04 Å². The molecule has 0 unspecified atom stereocenters. The molecular weight excluding hydrogens is 220 g/mol. The van der Waals surface area contributed by atoms with Gasteiger partial charge in [0, 0.05) is 19.1 Å². The molecule has 0 spiro atoms. The third kappa shape index (κ3) is 2.05. The van der Waals surface area contributed by atoms with E-state index >= 15 is 0 Å². The summed E-state index contributed by atoms with van der Waals surface area (Å²) in [6, 6.07) is 0.661. The van der Waals surface area contributed by atoms with Gasteiger partial charge in [-0.05, 0) is 43.3 Å². The number of hydrogen-bond donors (Lipinski definition) is 1. The predicted octanol–water partition coefficient (Wildman–Crippen LogP) is 1.38. The van der Waals surface area contributed by atoms with Crippen LogP contribution in [0.4, 0.5) is 0 Å². The highest BCUT2D eigenvalue weighted by molar-refractivity contribution is 7.80. The Morgan fingerprint density at radius 2 is 2.00 bits per heavy atom. The molecule has 2 bridgehead atoms. The zero-order valence-electron chi connectivity index (χ0n) is 9.65. The molecule has 2 saturated carbocycles. The van der Waals surface area contributed by atoms with Crippen LogP contribution in [-0.2, 0) is 4.74 Å². The van der Waals surface area contributed by atoms with Gasteiger partial charge in [-0.1, -0.05) is 6.42 Å². The molecule has 0 aromatic heterocycles. The average molecular weight is 240 g/mol. The van der Waals surface area contributed by atoms with Gasteiger partial charge >= 0.3 is 0 Å². The van der Waals surface area contributed by atoms with E-state index in [9.17, 15) is 0 Å². The molecule has 1 heterocycles. The van der Waals surface area contributed by atoms with Crippen LogP contribution in [0.15, 0.2) is 0 Å². The molecule has 3 fully saturated rings. The van der Waals surface area contributed by atoms with Crippen molar-refractivity contribution in [2.24, 2.45) is 11.8 Å². The highest BCUT2D eigenvalue weighted by Crippen LogP contribution is 2.44. The SMILES string of the molecule is S=C(N[C@H]1C[C@H]2CC[C@@H]1C2)N1CCOCC1. The summed E-state index contributed by atoms with van der Waals surface area (Å²) < 4.78 is 5.34. The molecule has 3 nitrogen and oxygen atoms in total. The summed E-state index contributed by atoms with van der Waals surface area (Å²) in [6.45, 7) is 3.54. The van der Waals surface area contributed by atoms with Gasteiger partial charge in [0.1, 0.15) is 0 Å². The van der Waals surface area contributed by atoms with Crippen LogP contribution in [0.3, 0.4) is 0 Å². The normalized spacial score (nSPS) is 37.8. The number of nitrogens with zero attached hydrogens (tertiary/aromatic N) is 1. The average Bonchev–Trinajstić information content (AvgIpc) is 2.92. The van der Waals surface area contributed by atoms with Crippen molar-refractivity contribution in [1.82, 2.24) is 10.2 Å². The molecule has 16 heavy (non-hydrogen) atoms. The van der Waals surface area contributed by atoms with Crippen molar-refractivity contribution in [3.63, 3.8) is 0 Å². The topological polar surface area (TPSA) is 24.5 Å². The molecule has 1 N–H and O–H groups in total. The second-order valence-corrected chi connectivity index (χ2v) is 5.72. The molecular formula is C12H20N2OS. The van der Waals surface area contributed by atoms with E-state index < -0.39 is 0 Å². The molecule has 1 aliphatic heterocycles. The minimum Gasteiger partial charge on any atom is -0.378 e. The van der Waals surface area contributed by atoms with Crippen LogP contribution in [0.1, 0.15) is 25.7 Å². The zero-order chi connectivity index (χ0) is 11.0. The van der Waals surface area contributed by atoms with Gasteiger partial charge in [0.05, 0.1) is 13.2 Å². The second-order valence-electron chi connectivity index (χ2n) is 5.33. The Morgan fingerprint density at radius 1 is 1.19 bits per heavy atom. The van der Waals surface area contributed by atoms with Crippen molar-refractivity contribution in [2.75, 3.05) is 26.3 Å². The largest absolute Gasteiger partial charge is 0.378 e. The Labute approximate surface area is 103 Å². The Morgan fingerprint density at radius 3 is 2.62 bits per heavy atom. The maximum atomic E-state index is 5.49. The first-order valence-electron chi connectivity index (χ1n) is 6.46. The smallest absolute Gasteiger partial charge is 0.169 e. The highest BCUT2D eigenvalue weighted by Gasteiger charge is 2.40. The summed E-state index contributed by atoms with van der Waals surface area (Å²) in [4.78, 5) is 2.25. The van der Waals surface area contributed by atoms with Crippen LogP contribution in [-0.4, -0.2) is 42.4 Å². The molecule has 0 amide bonds. The number of thiocarbonyl (C=S) groups is 1. The third-order valence-electron chi connectivity index (χ3n) is 4.35. The number of hydrogen-bond acceptors (Lipinski definition) is 2. The molecule has 3 rings (SSSR count). The van der Waals surface area contributed by atoms with Crippen LogP contribution >= 0.6 is 12.2 Å². The fraction of sp³-hybridized carbons (Fsp3) is 0.917. The molecule has 1 saturated heterocycles. The maximum absolute atomic E-state index is 5.49. The van der Waals surface area contributed by atoms with E-state index in [-0.39, 0.29) is 0 Å². The standard InChI is InChI=1S/C12H20N2OS/c16-12(14-3-5-15-6-4-14)13-11-8-9-1-2-10(11)7-9/h9-11H,1-8H2,(H,13,16)/t9-,10+,11-/m0/s1. The summed E-state index contributed by atoms with van der Waals surface area (Å²) in [5, 5.41) is 4.54. The third-order valence-corrected chi connectivity index (χ3v) is 4.72. The summed E-state index contributed by atoms with van der Waals surface area (Å²) >= 11 is 5.49. The fourth-order valence-electron chi connectivity index (χ4n) is 3.44. The monoisotopic (exact) mass is 240 g/mol. The molecule has 0 aromatic rings. The van der Waals surface area contributed by atoms with E-state index in [2.05, 4.69) is 10.2 Å². The van der Waals surface area contributed by atoms with Crippen molar-refractivity contribution in [2.45, 2.75) is 31.7 Å². The van der Waals surface area contributed by atoms with Gasteiger partial charge in [-0.15, -0.1) is 0 Å². The highest BCUT2D eigenvalue weighted by atomic mass is 32.1. The van der Waals surface area contributed by atoms with Gasteiger partial charge < -0.3 is 15.0 Å². The Kier molecular flexibility index (Phi) is 3.03. The predicted molar refractivity (Wildman–Crippen MR) is 67.4 cm³/mol. The van der Waals surface area contributed by atoms with Crippen molar-refractivity contribution in [1.29, 1.82) is 0 Å². The lowest BCUT2D eigenvalue weighted by Gasteiger charge is -2.33. The minimum atomic E-state index is 0.661. The molecule has 90 valence electrons. The Bertz CT molecular complexity index is 278. The van der Waals surface area contributed by atoms with Crippen LogP contribution in [0.5, 0.6) is 0 Å². The van der Waals surface area contributed by atoms with Crippen molar-refractivity contribution < 1.29 is 4.74 Å². The number of rotatable bonds is 1. The summed E-state index contributed by atoms with van der Waals surface area (Å²) in [7, 11) is 0. The van der Waals surface area contributed by atoms with E-state index in [1.54, 1.807) is 0 Å². The Balaban J connectivity index is 1.52. The molecule has 2 aliphatic carbocycles. The van der Waals surface area contributed by atoms with Crippen LogP contribution < -0.4 is 5.32 Å². The summed E-state index contributed by atoms with van der Waals surface area (Å²) in [6.07, 6.45) is 5.64. The van der Waals surface area contributed by atoms with Gasteiger partial charge in [-0.25, -0.2) is 0 Å². The van der Waals surface area contributed by atoms with Gasteiger partial charge in [0.2, 0.25) is 0 Å². The fourth-order valence-corrected chi connectivity index (χ4v) is 3.77. The summed E-state index contributed by atoms with van der Waals surface area (Å²) in [5.74, 6) is 1.87. The first-order valence-corrected chi connectivity index (χ1v) is 6.87. The number of nitrogens with one attached hydrogen (secondary N) is 1. The molecule has 0 radical (unpaired) electrons. The lowest BCUT2D eigenvalue weighted by molar-refractivity contribution is 0.0671. The lowest BCUT2D eigenvalue weighted by atomic mass is 9.95. The zero-order valence-corrected chi connectivity index (χ0v) is 10.5. The van der Waals surface area contributed by atoms with E-state index in [1.165, 1.54) is 25.7 Å². The van der Waals surface area contributed by atoms with Crippen LogP contribution in [0.25, 0.3) is 0 Å². The quantitative estimate of drug-likeness (QED) is 0.700. The molecule has 3 aliphatic rings. The molecule has 0 aromatic carbocycles. The van der Waals surface area contributed by atoms with Gasteiger partial charge in [0.15, 0.2) is 5.11 Å². The second kappa shape index (κ2) is 4.49. The lowest BCUT2D eigenvalue weighted by Crippen LogP contribution is -2.50. The van der Waals surface area contributed by atoms with E-state index in [0.717, 1.165) is 43.3 Å². The Hall–Kier alpha value is -0.350. The number of ether oxygens (including phenoxy) is 1.